The SMILES string of the molecule is COC(=O)c1cc(F)ccc1NCc1cc(Cl)ccc1Br. The first-order valence-corrected chi connectivity index (χ1v) is 7.24. The van der Waals surface area contributed by atoms with Gasteiger partial charge >= 0.3 is 5.97 Å². The minimum atomic E-state index is -0.595. The Kier molecular flexibility index (Phi) is 5.20. The number of hydrogen-bond acceptors (Lipinski definition) is 3. The topological polar surface area (TPSA) is 38.3 Å². The van der Waals surface area contributed by atoms with Crippen LogP contribution >= 0.6 is 27.5 Å². The lowest BCUT2D eigenvalue weighted by Gasteiger charge is -2.12. The fraction of sp³-hybridized carbons (Fsp3) is 0.133. The van der Waals surface area contributed by atoms with Crippen molar-refractivity contribution in [2.24, 2.45) is 0 Å². The summed E-state index contributed by atoms with van der Waals surface area (Å²) >= 11 is 9.38. The van der Waals surface area contributed by atoms with Crippen molar-refractivity contribution >= 4 is 39.2 Å². The molecule has 110 valence electrons. The molecule has 0 amide bonds. The minimum Gasteiger partial charge on any atom is -0.465 e. The van der Waals surface area contributed by atoms with Gasteiger partial charge in [-0.25, -0.2) is 9.18 Å². The van der Waals surface area contributed by atoms with Crippen LogP contribution in [0, 0.1) is 5.82 Å². The van der Waals surface area contributed by atoms with E-state index < -0.39 is 11.8 Å². The number of hydrogen-bond donors (Lipinski definition) is 1. The van der Waals surface area contributed by atoms with E-state index in [0.717, 1.165) is 16.1 Å². The van der Waals surface area contributed by atoms with E-state index in [-0.39, 0.29) is 5.56 Å². The van der Waals surface area contributed by atoms with E-state index >= 15 is 0 Å². The summed E-state index contributed by atoms with van der Waals surface area (Å²) in [7, 11) is 1.25. The number of carbonyl (C=O) groups excluding carboxylic acids is 1. The number of methoxy groups -OCH3 is 1. The number of nitrogens with one attached hydrogen (secondary N) is 1. The summed E-state index contributed by atoms with van der Waals surface area (Å²) in [6.45, 7) is 0.427. The number of ether oxygens (including phenoxy) is 1. The molecule has 0 atom stereocenters. The highest BCUT2D eigenvalue weighted by Crippen LogP contribution is 2.24. The number of carbonyl (C=O) groups is 1. The molecule has 1 N–H and O–H groups in total. The van der Waals surface area contributed by atoms with Crippen molar-refractivity contribution in [3.05, 3.63) is 62.8 Å². The molecule has 0 aromatic heterocycles. The number of anilines is 1. The Morgan fingerprint density at radius 3 is 2.81 bits per heavy atom. The molecule has 2 rings (SSSR count). The van der Waals surface area contributed by atoms with Crippen molar-refractivity contribution < 1.29 is 13.9 Å². The number of rotatable bonds is 4. The van der Waals surface area contributed by atoms with Crippen LogP contribution in [-0.4, -0.2) is 13.1 Å². The monoisotopic (exact) mass is 371 g/mol. The van der Waals surface area contributed by atoms with E-state index in [1.807, 2.05) is 6.07 Å². The summed E-state index contributed by atoms with van der Waals surface area (Å²) in [5.41, 5.74) is 1.56. The second-order valence-corrected chi connectivity index (χ2v) is 5.56. The van der Waals surface area contributed by atoms with Gasteiger partial charge in [0.25, 0.3) is 0 Å². The molecule has 21 heavy (non-hydrogen) atoms. The van der Waals surface area contributed by atoms with Crippen molar-refractivity contribution in [3.8, 4) is 0 Å². The molecule has 0 aliphatic carbocycles. The lowest BCUT2D eigenvalue weighted by atomic mass is 10.1. The summed E-state index contributed by atoms with van der Waals surface area (Å²) in [6, 6.07) is 9.33. The van der Waals surface area contributed by atoms with Gasteiger partial charge in [-0.2, -0.15) is 0 Å². The van der Waals surface area contributed by atoms with Gasteiger partial charge in [-0.3, -0.25) is 0 Å². The van der Waals surface area contributed by atoms with Gasteiger partial charge in [0.2, 0.25) is 0 Å². The summed E-state index contributed by atoms with van der Waals surface area (Å²) in [5, 5.41) is 3.70. The highest BCUT2D eigenvalue weighted by atomic mass is 79.9. The van der Waals surface area contributed by atoms with Crippen molar-refractivity contribution in [2.75, 3.05) is 12.4 Å². The molecule has 0 bridgehead atoms. The first-order valence-electron chi connectivity index (χ1n) is 6.07. The van der Waals surface area contributed by atoms with Gasteiger partial charge in [-0.1, -0.05) is 27.5 Å². The average Bonchev–Trinajstić information content (AvgIpc) is 2.48. The van der Waals surface area contributed by atoms with E-state index in [1.165, 1.54) is 19.2 Å². The number of benzene rings is 2. The molecule has 6 heteroatoms. The lowest BCUT2D eigenvalue weighted by Crippen LogP contribution is -2.09. The molecule has 0 saturated heterocycles. The van der Waals surface area contributed by atoms with Crippen LogP contribution in [0.15, 0.2) is 40.9 Å². The van der Waals surface area contributed by atoms with E-state index in [4.69, 9.17) is 11.6 Å². The second kappa shape index (κ2) is 6.91. The summed E-state index contributed by atoms with van der Waals surface area (Å²) in [5.74, 6) is -1.09. The molecule has 0 aliphatic heterocycles. The maximum absolute atomic E-state index is 13.3. The van der Waals surface area contributed by atoms with Crippen LogP contribution in [0.2, 0.25) is 5.02 Å². The Morgan fingerprint density at radius 2 is 2.10 bits per heavy atom. The van der Waals surface area contributed by atoms with Gasteiger partial charge in [0.05, 0.1) is 12.7 Å². The quantitative estimate of drug-likeness (QED) is 0.795. The molecule has 0 aliphatic rings. The van der Waals surface area contributed by atoms with Crippen LogP contribution in [0.4, 0.5) is 10.1 Å². The van der Waals surface area contributed by atoms with Crippen molar-refractivity contribution in [3.63, 3.8) is 0 Å². The van der Waals surface area contributed by atoms with Gasteiger partial charge in [0.1, 0.15) is 5.82 Å². The highest BCUT2D eigenvalue weighted by Gasteiger charge is 2.13. The molecule has 2 aromatic rings. The van der Waals surface area contributed by atoms with Crippen LogP contribution in [0.5, 0.6) is 0 Å². The third-order valence-electron chi connectivity index (χ3n) is 2.86. The predicted molar refractivity (Wildman–Crippen MR) is 84.2 cm³/mol. The third-order valence-corrected chi connectivity index (χ3v) is 3.87. The molecular weight excluding hydrogens is 361 g/mol. The molecule has 0 fully saturated rings. The molecule has 0 saturated carbocycles. The first kappa shape index (κ1) is 15.8. The number of esters is 1. The van der Waals surface area contributed by atoms with Crippen LogP contribution in [0.25, 0.3) is 0 Å². The van der Waals surface area contributed by atoms with Gasteiger partial charge < -0.3 is 10.1 Å². The minimum absolute atomic E-state index is 0.149. The highest BCUT2D eigenvalue weighted by molar-refractivity contribution is 9.10. The summed E-state index contributed by atoms with van der Waals surface area (Å²) in [6.07, 6.45) is 0. The number of halogens is 3. The van der Waals surface area contributed by atoms with Gasteiger partial charge in [-0.05, 0) is 42.0 Å². The maximum Gasteiger partial charge on any atom is 0.340 e. The van der Waals surface area contributed by atoms with E-state index in [1.54, 1.807) is 12.1 Å². The van der Waals surface area contributed by atoms with Crippen molar-refractivity contribution in [1.29, 1.82) is 0 Å². The predicted octanol–water partition coefficient (Wildman–Crippen LogP) is 4.64. The fourth-order valence-electron chi connectivity index (χ4n) is 1.82. The average molecular weight is 373 g/mol. The molecule has 2 aromatic carbocycles. The smallest absolute Gasteiger partial charge is 0.340 e. The van der Waals surface area contributed by atoms with Crippen LogP contribution in [0.1, 0.15) is 15.9 Å². The zero-order valence-corrected chi connectivity index (χ0v) is 13.5. The Bertz CT molecular complexity index is 679. The Balaban J connectivity index is 2.24. The molecule has 0 heterocycles. The van der Waals surface area contributed by atoms with Crippen LogP contribution in [-0.2, 0) is 11.3 Å². The van der Waals surface area contributed by atoms with Crippen LogP contribution < -0.4 is 5.32 Å². The Morgan fingerprint density at radius 1 is 1.33 bits per heavy atom. The van der Waals surface area contributed by atoms with Gasteiger partial charge in [-0.15, -0.1) is 0 Å². The Labute approximate surface area is 135 Å². The van der Waals surface area contributed by atoms with E-state index in [0.29, 0.717) is 17.3 Å². The maximum atomic E-state index is 13.3. The van der Waals surface area contributed by atoms with E-state index in [9.17, 15) is 9.18 Å². The van der Waals surface area contributed by atoms with Gasteiger partial charge in [0.15, 0.2) is 0 Å². The van der Waals surface area contributed by atoms with E-state index in [2.05, 4.69) is 26.0 Å². The van der Waals surface area contributed by atoms with Crippen molar-refractivity contribution in [2.45, 2.75) is 6.54 Å². The first-order chi connectivity index (χ1) is 10.0. The third kappa shape index (κ3) is 3.95. The lowest BCUT2D eigenvalue weighted by molar-refractivity contribution is 0.0601. The normalized spacial score (nSPS) is 10.3. The summed E-state index contributed by atoms with van der Waals surface area (Å²) in [4.78, 5) is 11.7. The fourth-order valence-corrected chi connectivity index (χ4v) is 2.40. The molecule has 3 nitrogen and oxygen atoms in total. The Hall–Kier alpha value is -1.59. The molecular formula is C15H12BrClFNO2. The molecule has 0 spiro atoms. The standard InChI is InChI=1S/C15H12BrClFNO2/c1-21-15(20)12-7-11(18)3-5-14(12)19-8-9-6-10(17)2-4-13(9)16/h2-7,19H,8H2,1H3. The summed E-state index contributed by atoms with van der Waals surface area (Å²) < 4.78 is 18.8. The second-order valence-electron chi connectivity index (χ2n) is 4.27. The zero-order valence-electron chi connectivity index (χ0n) is 11.1. The van der Waals surface area contributed by atoms with Crippen molar-refractivity contribution in [1.82, 2.24) is 0 Å². The molecule has 0 unspecified atom stereocenters. The van der Waals surface area contributed by atoms with Crippen LogP contribution in [0.3, 0.4) is 0 Å². The zero-order chi connectivity index (χ0) is 15.4. The molecule has 0 radical (unpaired) electrons. The van der Waals surface area contributed by atoms with Gasteiger partial charge in [0, 0.05) is 21.7 Å². The largest absolute Gasteiger partial charge is 0.465 e.